The van der Waals surface area contributed by atoms with Gasteiger partial charge in [-0.25, -0.2) is 19.9 Å². The molecule has 5 rings (SSSR count). The summed E-state index contributed by atoms with van der Waals surface area (Å²) in [6.45, 7) is 5.17. The van der Waals surface area contributed by atoms with E-state index in [1.54, 1.807) is 36.1 Å². The lowest BCUT2D eigenvalue weighted by Gasteiger charge is -2.23. The maximum Gasteiger partial charge on any atom is 0.269 e. The van der Waals surface area contributed by atoms with Gasteiger partial charge in [-0.15, -0.1) is 0 Å². The summed E-state index contributed by atoms with van der Waals surface area (Å²) in [4.78, 5) is 45.0. The molecule has 202 valence electrons. The highest BCUT2D eigenvalue weighted by Gasteiger charge is 2.27. The summed E-state index contributed by atoms with van der Waals surface area (Å²) in [5.41, 5.74) is 8.16. The number of aryl methyl sites for hydroxylation is 1. The number of pyridine rings is 1. The lowest BCUT2D eigenvalue weighted by atomic mass is 10.0. The number of fused-ring (bicyclic) bond motifs is 1. The Morgan fingerprint density at radius 3 is 2.64 bits per heavy atom. The van der Waals surface area contributed by atoms with Gasteiger partial charge in [0.2, 0.25) is 11.9 Å². The van der Waals surface area contributed by atoms with Gasteiger partial charge in [0, 0.05) is 31.7 Å². The van der Waals surface area contributed by atoms with Gasteiger partial charge in [0.25, 0.3) is 11.5 Å². The van der Waals surface area contributed by atoms with E-state index in [2.05, 4.69) is 30.5 Å². The molecular formula is C26H27Cl2N9O2. The summed E-state index contributed by atoms with van der Waals surface area (Å²) < 4.78 is 1.58. The average Bonchev–Trinajstić information content (AvgIpc) is 3.36. The Morgan fingerprint density at radius 1 is 1.18 bits per heavy atom. The zero-order valence-corrected chi connectivity index (χ0v) is 23.1. The highest BCUT2D eigenvalue weighted by Crippen LogP contribution is 2.29. The van der Waals surface area contributed by atoms with Crippen molar-refractivity contribution in [2.45, 2.75) is 32.4 Å². The fourth-order valence-corrected chi connectivity index (χ4v) is 5.08. The first-order valence-corrected chi connectivity index (χ1v) is 13.1. The molecule has 1 saturated heterocycles. The normalized spacial score (nSPS) is 15.9. The molecule has 0 saturated carbocycles. The number of aromatic nitrogens is 5. The van der Waals surface area contributed by atoms with Crippen molar-refractivity contribution in [1.82, 2.24) is 24.5 Å². The highest BCUT2D eigenvalue weighted by atomic mass is 35.5. The summed E-state index contributed by atoms with van der Waals surface area (Å²) in [6.07, 6.45) is 3.91. The van der Waals surface area contributed by atoms with Crippen LogP contribution in [0.3, 0.4) is 0 Å². The van der Waals surface area contributed by atoms with Crippen molar-refractivity contribution in [1.29, 1.82) is 0 Å². The van der Waals surface area contributed by atoms with Crippen LogP contribution in [-0.4, -0.2) is 49.5 Å². The van der Waals surface area contributed by atoms with Gasteiger partial charge in [0.1, 0.15) is 5.15 Å². The van der Waals surface area contributed by atoms with Gasteiger partial charge in [-0.3, -0.25) is 14.2 Å². The van der Waals surface area contributed by atoms with Gasteiger partial charge >= 0.3 is 0 Å². The number of carbonyl (C=O) groups excluding carboxylic acids is 1. The minimum Gasteiger partial charge on any atom is -0.377 e. The molecule has 0 radical (unpaired) electrons. The number of nitrogens with two attached hydrogens (primary N) is 1. The second-order valence-electron chi connectivity index (χ2n) is 9.59. The number of halogens is 2. The van der Waals surface area contributed by atoms with Crippen molar-refractivity contribution in [2.24, 2.45) is 12.8 Å². The highest BCUT2D eigenvalue weighted by molar-refractivity contribution is 6.30. The van der Waals surface area contributed by atoms with Crippen molar-refractivity contribution < 1.29 is 4.79 Å². The third kappa shape index (κ3) is 5.45. The number of anilines is 3. The molecular weight excluding hydrogens is 541 g/mol. The van der Waals surface area contributed by atoms with Crippen LogP contribution in [0.1, 0.15) is 41.0 Å². The van der Waals surface area contributed by atoms with Crippen LogP contribution < -0.4 is 26.8 Å². The second kappa shape index (κ2) is 10.7. The van der Waals surface area contributed by atoms with E-state index < -0.39 is 5.91 Å². The Balaban J connectivity index is 1.48. The lowest BCUT2D eigenvalue weighted by Crippen LogP contribution is -2.32. The summed E-state index contributed by atoms with van der Waals surface area (Å²) in [7, 11) is 1.73. The third-order valence-corrected chi connectivity index (χ3v) is 7.09. The molecule has 1 fully saturated rings. The maximum absolute atomic E-state index is 13.5. The number of amides is 1. The Bertz CT molecular complexity index is 1630. The van der Waals surface area contributed by atoms with E-state index in [1.165, 1.54) is 0 Å². The van der Waals surface area contributed by atoms with Gasteiger partial charge < -0.3 is 21.3 Å². The number of hydrogen-bond acceptors (Lipinski definition) is 9. The van der Waals surface area contributed by atoms with Gasteiger partial charge in [-0.1, -0.05) is 29.3 Å². The van der Waals surface area contributed by atoms with Crippen LogP contribution in [0.25, 0.3) is 10.9 Å². The minimum atomic E-state index is -0.697. The third-order valence-electron chi connectivity index (χ3n) is 6.69. The molecule has 1 aliphatic rings. The molecule has 11 nitrogen and oxygen atoms in total. The van der Waals surface area contributed by atoms with E-state index in [1.807, 2.05) is 26.0 Å². The Kier molecular flexibility index (Phi) is 7.28. The van der Waals surface area contributed by atoms with Crippen molar-refractivity contribution in [2.75, 3.05) is 28.6 Å². The SMILES string of the molecule is Cc1cc(C(C)Nc2ccc(Cl)nc2C(N)=O)c2nc(N3CCC(Nc4ncc(Cl)cn4)C3)n(C)c(=O)c2c1. The predicted molar refractivity (Wildman–Crippen MR) is 153 cm³/mol. The Labute approximate surface area is 234 Å². The fraction of sp³-hybridized carbons (Fsp3) is 0.308. The number of benzene rings is 1. The molecule has 0 aliphatic carbocycles. The molecule has 0 bridgehead atoms. The molecule has 1 aliphatic heterocycles. The van der Waals surface area contributed by atoms with E-state index in [-0.39, 0.29) is 28.5 Å². The van der Waals surface area contributed by atoms with Crippen LogP contribution in [0.5, 0.6) is 0 Å². The van der Waals surface area contributed by atoms with Gasteiger partial charge in [-0.2, -0.15) is 0 Å². The molecule has 4 N–H and O–H groups in total. The zero-order chi connectivity index (χ0) is 27.8. The number of nitrogens with one attached hydrogen (secondary N) is 2. The summed E-state index contributed by atoms with van der Waals surface area (Å²) >= 11 is 11.9. The zero-order valence-electron chi connectivity index (χ0n) is 21.6. The van der Waals surface area contributed by atoms with Gasteiger partial charge in [-0.05, 0) is 44.0 Å². The molecule has 2 atom stereocenters. The molecule has 1 amide bonds. The molecule has 4 aromatic rings. The molecule has 3 aromatic heterocycles. The largest absolute Gasteiger partial charge is 0.377 e. The molecule has 0 spiro atoms. The number of nitrogens with zero attached hydrogens (tertiary/aromatic N) is 6. The minimum absolute atomic E-state index is 0.0381. The van der Waals surface area contributed by atoms with Gasteiger partial charge in [0.05, 0.1) is 40.0 Å². The van der Waals surface area contributed by atoms with Crippen LogP contribution in [0.4, 0.5) is 17.6 Å². The Hall–Kier alpha value is -3.96. The molecule has 4 heterocycles. The predicted octanol–water partition coefficient (Wildman–Crippen LogP) is 3.70. The molecule has 1 aromatic carbocycles. The first-order chi connectivity index (χ1) is 18.6. The van der Waals surface area contributed by atoms with Crippen molar-refractivity contribution in [3.8, 4) is 0 Å². The average molecular weight is 568 g/mol. The summed E-state index contributed by atoms with van der Waals surface area (Å²) in [5, 5.41) is 7.77. The van der Waals surface area contributed by atoms with E-state index in [4.69, 9.17) is 33.9 Å². The van der Waals surface area contributed by atoms with Crippen LogP contribution >= 0.6 is 23.2 Å². The van der Waals surface area contributed by atoms with Crippen LogP contribution in [0, 0.1) is 6.92 Å². The van der Waals surface area contributed by atoms with E-state index in [0.717, 1.165) is 17.5 Å². The van der Waals surface area contributed by atoms with E-state index in [0.29, 0.717) is 46.6 Å². The number of rotatable bonds is 7. The van der Waals surface area contributed by atoms with E-state index in [9.17, 15) is 9.59 Å². The standard InChI is InChI=1S/C26H27Cl2N9O2/c1-13-8-17(14(2)32-19-4-5-20(28)34-22(19)23(29)38)21-18(9-13)24(39)36(3)26(35-21)37-7-6-16(12-37)33-25-30-10-15(27)11-31-25/h4-5,8-11,14,16,32H,6-7,12H2,1-3H3,(H2,29,38)(H,30,31,33). The molecule has 2 unspecified atom stereocenters. The van der Waals surface area contributed by atoms with Crippen LogP contribution in [0.15, 0.2) is 41.5 Å². The first-order valence-electron chi connectivity index (χ1n) is 12.3. The summed E-state index contributed by atoms with van der Waals surface area (Å²) in [6, 6.07) is 6.79. The number of hydrogen-bond donors (Lipinski definition) is 3. The van der Waals surface area contributed by atoms with Crippen LogP contribution in [0.2, 0.25) is 10.2 Å². The summed E-state index contributed by atoms with van der Waals surface area (Å²) in [5.74, 6) is 0.366. The maximum atomic E-state index is 13.5. The van der Waals surface area contributed by atoms with Crippen molar-refractivity contribution >= 4 is 57.6 Å². The molecule has 39 heavy (non-hydrogen) atoms. The monoisotopic (exact) mass is 567 g/mol. The number of carbonyl (C=O) groups is 1. The fourth-order valence-electron chi connectivity index (χ4n) is 4.83. The Morgan fingerprint density at radius 2 is 1.92 bits per heavy atom. The van der Waals surface area contributed by atoms with E-state index >= 15 is 0 Å². The molecule has 13 heteroatoms. The van der Waals surface area contributed by atoms with Gasteiger partial charge in [0.15, 0.2) is 5.69 Å². The first kappa shape index (κ1) is 26.6. The van der Waals surface area contributed by atoms with Crippen LogP contribution in [-0.2, 0) is 7.05 Å². The van der Waals surface area contributed by atoms with Crippen molar-refractivity contribution in [3.63, 3.8) is 0 Å². The lowest BCUT2D eigenvalue weighted by molar-refractivity contribution is 0.0996. The quantitative estimate of drug-likeness (QED) is 0.284. The smallest absolute Gasteiger partial charge is 0.269 e. The van der Waals surface area contributed by atoms with Crippen molar-refractivity contribution in [3.05, 3.63) is 74.0 Å². The topological polar surface area (TPSA) is 144 Å². The second-order valence-corrected chi connectivity index (χ2v) is 10.4. The number of primary amides is 1.